The molecule has 8 heteroatoms. The van der Waals surface area contributed by atoms with E-state index in [1.807, 2.05) is 28.2 Å². The molecule has 0 unspecified atom stereocenters. The second kappa shape index (κ2) is 8.41. The summed E-state index contributed by atoms with van der Waals surface area (Å²) in [7, 11) is 4.38. The van der Waals surface area contributed by atoms with Crippen LogP contribution in [0, 0.1) is 6.92 Å². The second-order valence-corrected chi connectivity index (χ2v) is 10.5. The van der Waals surface area contributed by atoms with Crippen LogP contribution in [0.25, 0.3) is 27.5 Å². The van der Waals surface area contributed by atoms with E-state index in [0.29, 0.717) is 17.9 Å². The van der Waals surface area contributed by atoms with Crippen LogP contribution in [0.3, 0.4) is 0 Å². The number of pyridine rings is 1. The minimum atomic E-state index is 0.326. The van der Waals surface area contributed by atoms with E-state index in [1.165, 1.54) is 41.1 Å². The molecule has 4 heterocycles. The molecule has 0 aromatic carbocycles. The Morgan fingerprint density at radius 3 is 2.66 bits per heavy atom. The standard InChI is InChI=1S/C24H31N7S/c1-14(2)20-21(17-10-15(3)23-26-13-27-31(23)12-17)28-29-22(20)19-11-25-24(32-19)16-6-8-18(9-7-16)30(4)5/h10-14,16,18H,6-9H2,1-5H3,(H,28,29). The second-order valence-electron chi connectivity index (χ2n) is 9.49. The fourth-order valence-corrected chi connectivity index (χ4v) is 6.07. The molecule has 32 heavy (non-hydrogen) atoms. The first kappa shape index (κ1) is 21.3. The number of nitrogens with zero attached hydrogens (tertiary/aromatic N) is 6. The normalized spacial score (nSPS) is 19.5. The lowest BCUT2D eigenvalue weighted by Gasteiger charge is -2.31. The van der Waals surface area contributed by atoms with Crippen molar-refractivity contribution in [2.75, 3.05) is 14.1 Å². The minimum absolute atomic E-state index is 0.326. The van der Waals surface area contributed by atoms with E-state index in [4.69, 9.17) is 10.1 Å². The summed E-state index contributed by atoms with van der Waals surface area (Å²) < 4.78 is 1.83. The van der Waals surface area contributed by atoms with Crippen molar-refractivity contribution in [3.63, 3.8) is 0 Å². The molecule has 0 saturated heterocycles. The molecule has 0 spiro atoms. The average molecular weight is 450 g/mol. The van der Waals surface area contributed by atoms with Gasteiger partial charge in [-0.25, -0.2) is 14.5 Å². The van der Waals surface area contributed by atoms with Gasteiger partial charge in [0.2, 0.25) is 0 Å². The van der Waals surface area contributed by atoms with Crippen molar-refractivity contribution in [1.82, 2.24) is 34.7 Å². The first-order valence-corrected chi connectivity index (χ1v) is 12.2. The van der Waals surface area contributed by atoms with Gasteiger partial charge in [0.15, 0.2) is 5.65 Å². The van der Waals surface area contributed by atoms with Crippen molar-refractivity contribution in [2.45, 2.75) is 64.3 Å². The van der Waals surface area contributed by atoms with E-state index in [1.54, 1.807) is 6.33 Å². The summed E-state index contributed by atoms with van der Waals surface area (Å²) in [6, 6.07) is 2.86. The first-order valence-electron chi connectivity index (χ1n) is 11.4. The molecule has 1 aliphatic rings. The largest absolute Gasteiger partial charge is 0.306 e. The Bertz CT molecular complexity index is 1220. The average Bonchev–Trinajstić information content (AvgIpc) is 3.51. The van der Waals surface area contributed by atoms with E-state index >= 15 is 0 Å². The molecule has 0 amide bonds. The highest BCUT2D eigenvalue weighted by Crippen LogP contribution is 2.41. The van der Waals surface area contributed by atoms with E-state index < -0.39 is 0 Å². The predicted octanol–water partition coefficient (Wildman–Crippen LogP) is 5.26. The highest BCUT2D eigenvalue weighted by atomic mass is 32.1. The number of aryl methyl sites for hydroxylation is 1. The zero-order chi connectivity index (χ0) is 22.4. The molecule has 168 valence electrons. The third-order valence-corrected chi connectivity index (χ3v) is 7.94. The van der Waals surface area contributed by atoms with E-state index in [-0.39, 0.29) is 0 Å². The third-order valence-electron chi connectivity index (χ3n) is 6.76. The molecule has 0 radical (unpaired) electrons. The zero-order valence-corrected chi connectivity index (χ0v) is 20.3. The van der Waals surface area contributed by atoms with Gasteiger partial charge in [-0.2, -0.15) is 10.2 Å². The lowest BCUT2D eigenvalue weighted by atomic mass is 9.86. The molecule has 5 rings (SSSR count). The topological polar surface area (TPSA) is 75.0 Å². The van der Waals surface area contributed by atoms with Crippen LogP contribution in [0.15, 0.2) is 24.8 Å². The lowest BCUT2D eigenvalue weighted by molar-refractivity contribution is 0.216. The van der Waals surface area contributed by atoms with Crippen LogP contribution in [0.5, 0.6) is 0 Å². The van der Waals surface area contributed by atoms with Gasteiger partial charge in [-0.1, -0.05) is 13.8 Å². The summed E-state index contributed by atoms with van der Waals surface area (Å²) in [5, 5.41) is 13.7. The molecule has 1 saturated carbocycles. The number of nitrogens with one attached hydrogen (secondary N) is 1. The van der Waals surface area contributed by atoms with Gasteiger partial charge < -0.3 is 4.90 Å². The summed E-state index contributed by atoms with van der Waals surface area (Å²) in [5.41, 5.74) is 6.34. The Morgan fingerprint density at radius 1 is 1.16 bits per heavy atom. The minimum Gasteiger partial charge on any atom is -0.306 e. The van der Waals surface area contributed by atoms with Crippen molar-refractivity contribution in [1.29, 1.82) is 0 Å². The molecule has 0 aliphatic heterocycles. The monoisotopic (exact) mass is 449 g/mol. The van der Waals surface area contributed by atoms with Gasteiger partial charge in [0, 0.05) is 35.5 Å². The van der Waals surface area contributed by atoms with Crippen molar-refractivity contribution >= 4 is 17.0 Å². The van der Waals surface area contributed by atoms with Gasteiger partial charge in [0.05, 0.1) is 21.3 Å². The summed E-state index contributed by atoms with van der Waals surface area (Å²) in [6.07, 6.45) is 10.6. The Labute approximate surface area is 192 Å². The maximum atomic E-state index is 4.85. The van der Waals surface area contributed by atoms with Gasteiger partial charge in [-0.15, -0.1) is 11.3 Å². The number of rotatable bonds is 5. The van der Waals surface area contributed by atoms with Crippen LogP contribution in [0.4, 0.5) is 0 Å². The van der Waals surface area contributed by atoms with Crippen LogP contribution in [0.1, 0.15) is 67.5 Å². The van der Waals surface area contributed by atoms with Gasteiger partial charge in [-0.05, 0) is 64.3 Å². The molecule has 1 N–H and O–H groups in total. The number of H-pyrrole nitrogens is 1. The number of thiazole rings is 1. The summed E-state index contributed by atoms with van der Waals surface area (Å²) >= 11 is 1.83. The number of aromatic amines is 1. The summed E-state index contributed by atoms with van der Waals surface area (Å²) in [5.74, 6) is 0.902. The molecular formula is C24H31N7S. The Morgan fingerprint density at radius 2 is 1.94 bits per heavy atom. The highest BCUT2D eigenvalue weighted by molar-refractivity contribution is 7.15. The Kier molecular flexibility index (Phi) is 5.59. The molecule has 4 aromatic rings. The summed E-state index contributed by atoms with van der Waals surface area (Å²) in [4.78, 5) is 12.7. The third kappa shape index (κ3) is 3.75. The van der Waals surface area contributed by atoms with Gasteiger partial charge in [0.25, 0.3) is 0 Å². The maximum absolute atomic E-state index is 4.85. The van der Waals surface area contributed by atoms with Crippen LogP contribution >= 0.6 is 11.3 Å². The van der Waals surface area contributed by atoms with E-state index in [0.717, 1.165) is 28.2 Å². The first-order chi connectivity index (χ1) is 15.4. The SMILES string of the molecule is Cc1cc(-c2n[nH]c(-c3cnc(C4CCC(N(C)C)CC4)s3)c2C(C)C)cn2ncnc12. The summed E-state index contributed by atoms with van der Waals surface area (Å²) in [6.45, 7) is 6.52. The molecule has 1 fully saturated rings. The quantitative estimate of drug-likeness (QED) is 0.450. The van der Waals surface area contributed by atoms with Crippen LogP contribution in [0.2, 0.25) is 0 Å². The van der Waals surface area contributed by atoms with Crippen LogP contribution in [-0.2, 0) is 0 Å². The van der Waals surface area contributed by atoms with Gasteiger partial charge >= 0.3 is 0 Å². The smallest absolute Gasteiger partial charge is 0.158 e. The number of hydrogen-bond acceptors (Lipinski definition) is 6. The van der Waals surface area contributed by atoms with Crippen molar-refractivity contribution in [2.24, 2.45) is 0 Å². The van der Waals surface area contributed by atoms with Crippen LogP contribution in [-0.4, -0.2) is 54.8 Å². The van der Waals surface area contributed by atoms with E-state index in [9.17, 15) is 0 Å². The number of fused-ring (bicyclic) bond motifs is 1. The molecular weight excluding hydrogens is 418 g/mol. The Hall–Kier alpha value is -2.58. The van der Waals surface area contributed by atoms with Crippen molar-refractivity contribution in [3.8, 4) is 21.8 Å². The molecule has 0 bridgehead atoms. The molecule has 0 atom stereocenters. The highest BCUT2D eigenvalue weighted by Gasteiger charge is 2.27. The van der Waals surface area contributed by atoms with Crippen molar-refractivity contribution in [3.05, 3.63) is 40.9 Å². The number of hydrogen-bond donors (Lipinski definition) is 1. The van der Waals surface area contributed by atoms with E-state index in [2.05, 4.69) is 61.0 Å². The zero-order valence-electron chi connectivity index (χ0n) is 19.5. The molecule has 7 nitrogen and oxygen atoms in total. The molecule has 4 aromatic heterocycles. The maximum Gasteiger partial charge on any atom is 0.158 e. The lowest BCUT2D eigenvalue weighted by Crippen LogP contribution is -2.31. The van der Waals surface area contributed by atoms with Crippen LogP contribution < -0.4 is 0 Å². The van der Waals surface area contributed by atoms with Gasteiger partial charge in [0.1, 0.15) is 6.33 Å². The molecule has 1 aliphatic carbocycles. The fourth-order valence-electron chi connectivity index (χ4n) is 4.98. The van der Waals surface area contributed by atoms with Crippen molar-refractivity contribution < 1.29 is 0 Å². The number of aromatic nitrogens is 6. The fraction of sp³-hybridized carbons (Fsp3) is 0.500. The van der Waals surface area contributed by atoms with Gasteiger partial charge in [-0.3, -0.25) is 5.10 Å². The predicted molar refractivity (Wildman–Crippen MR) is 129 cm³/mol. The Balaban J connectivity index is 1.47.